The Hall–Kier alpha value is -2.56. The molecule has 28 heavy (non-hydrogen) atoms. The van der Waals surface area contributed by atoms with Gasteiger partial charge in [-0.3, -0.25) is 9.59 Å². The van der Waals surface area contributed by atoms with E-state index >= 15 is 0 Å². The van der Waals surface area contributed by atoms with E-state index in [4.69, 9.17) is 4.74 Å². The lowest BCUT2D eigenvalue weighted by Gasteiger charge is -2.06. The number of allylic oxidation sites excluding steroid dienone is 3. The number of amides is 2. The fourth-order valence-electron chi connectivity index (χ4n) is 2.65. The Kier molecular flexibility index (Phi) is 13.0. The standard InChI is InChI=1S/C23H34N2O3/c1-3-4-5-6-7-8-9-10-11-12-17-24-22(26)23(27)25-18-16-20-14-13-15-21(19-20)28-2/h9-15,19H,3-8,16-18H2,1-2H3,(H,24,26)(H,25,27)/b10-9+,12-11+. The van der Waals surface area contributed by atoms with E-state index in [1.165, 1.54) is 32.1 Å². The first-order chi connectivity index (χ1) is 13.7. The van der Waals surface area contributed by atoms with Crippen LogP contribution in [0.2, 0.25) is 0 Å². The van der Waals surface area contributed by atoms with Crippen molar-refractivity contribution in [1.29, 1.82) is 0 Å². The smallest absolute Gasteiger partial charge is 0.309 e. The molecule has 0 aromatic heterocycles. The number of carbonyl (C=O) groups is 2. The lowest BCUT2D eigenvalue weighted by atomic mass is 10.1. The molecule has 5 nitrogen and oxygen atoms in total. The van der Waals surface area contributed by atoms with Crippen LogP contribution in [0.1, 0.15) is 51.0 Å². The molecule has 1 rings (SSSR count). The van der Waals surface area contributed by atoms with Crippen molar-refractivity contribution in [3.05, 3.63) is 54.1 Å². The fraction of sp³-hybridized carbons (Fsp3) is 0.478. The summed E-state index contributed by atoms with van der Waals surface area (Å²) in [6, 6.07) is 7.63. The van der Waals surface area contributed by atoms with Gasteiger partial charge in [-0.15, -0.1) is 0 Å². The average Bonchev–Trinajstić information content (AvgIpc) is 2.71. The first kappa shape index (κ1) is 23.5. The normalized spacial score (nSPS) is 11.1. The van der Waals surface area contributed by atoms with Crippen molar-refractivity contribution in [2.24, 2.45) is 0 Å². The molecule has 0 radical (unpaired) electrons. The van der Waals surface area contributed by atoms with Crippen molar-refractivity contribution in [1.82, 2.24) is 10.6 Å². The Balaban J connectivity index is 2.11. The number of ether oxygens (including phenoxy) is 1. The largest absolute Gasteiger partial charge is 0.497 e. The third-order valence-electron chi connectivity index (χ3n) is 4.28. The van der Waals surface area contributed by atoms with Gasteiger partial charge in [0.25, 0.3) is 0 Å². The molecule has 0 saturated carbocycles. The van der Waals surface area contributed by atoms with E-state index in [1.807, 2.05) is 42.5 Å². The van der Waals surface area contributed by atoms with E-state index in [0.29, 0.717) is 19.5 Å². The van der Waals surface area contributed by atoms with Crippen LogP contribution in [0.15, 0.2) is 48.6 Å². The highest BCUT2D eigenvalue weighted by Gasteiger charge is 2.11. The summed E-state index contributed by atoms with van der Waals surface area (Å²) in [5, 5.41) is 5.21. The maximum Gasteiger partial charge on any atom is 0.309 e. The Bertz CT molecular complexity index is 638. The van der Waals surface area contributed by atoms with Gasteiger partial charge >= 0.3 is 11.8 Å². The van der Waals surface area contributed by atoms with E-state index < -0.39 is 11.8 Å². The summed E-state index contributed by atoms with van der Waals surface area (Å²) in [7, 11) is 1.62. The van der Waals surface area contributed by atoms with E-state index in [9.17, 15) is 9.59 Å². The molecule has 1 aromatic carbocycles. The zero-order valence-corrected chi connectivity index (χ0v) is 17.2. The van der Waals surface area contributed by atoms with Gasteiger partial charge in [-0.2, -0.15) is 0 Å². The summed E-state index contributed by atoms with van der Waals surface area (Å²) in [6.07, 6.45) is 16.0. The number of rotatable bonds is 13. The van der Waals surface area contributed by atoms with Crippen molar-refractivity contribution in [2.75, 3.05) is 20.2 Å². The molecule has 0 unspecified atom stereocenters. The van der Waals surface area contributed by atoms with Gasteiger partial charge in [-0.05, 0) is 37.0 Å². The summed E-state index contributed by atoms with van der Waals surface area (Å²) in [5.41, 5.74) is 1.04. The van der Waals surface area contributed by atoms with Crippen molar-refractivity contribution in [2.45, 2.75) is 51.9 Å². The van der Waals surface area contributed by atoms with Crippen LogP contribution in [-0.4, -0.2) is 32.0 Å². The summed E-state index contributed by atoms with van der Waals surface area (Å²) in [6.45, 7) is 2.95. The number of carbonyl (C=O) groups excluding carboxylic acids is 2. The van der Waals surface area contributed by atoms with E-state index in [1.54, 1.807) is 7.11 Å². The summed E-state index contributed by atoms with van der Waals surface area (Å²) in [4.78, 5) is 23.5. The SMILES string of the molecule is CCCCCCC/C=C/C=C/CNC(=O)C(=O)NCCc1cccc(OC)c1. The number of unbranched alkanes of at least 4 members (excludes halogenated alkanes) is 5. The third-order valence-corrected chi connectivity index (χ3v) is 4.28. The van der Waals surface area contributed by atoms with E-state index in [-0.39, 0.29) is 0 Å². The summed E-state index contributed by atoms with van der Waals surface area (Å²) < 4.78 is 5.16. The maximum atomic E-state index is 11.8. The number of benzene rings is 1. The molecule has 0 aliphatic rings. The van der Waals surface area contributed by atoms with Gasteiger partial charge in [0.15, 0.2) is 0 Å². The predicted octanol–water partition coefficient (Wildman–Crippen LogP) is 3.94. The van der Waals surface area contributed by atoms with Crippen LogP contribution >= 0.6 is 0 Å². The summed E-state index contributed by atoms with van der Waals surface area (Å²) in [5.74, 6) is -0.451. The monoisotopic (exact) mass is 386 g/mol. The molecule has 0 heterocycles. The second-order valence-corrected chi connectivity index (χ2v) is 6.63. The van der Waals surface area contributed by atoms with Gasteiger partial charge in [0.2, 0.25) is 0 Å². The van der Waals surface area contributed by atoms with Gasteiger partial charge in [-0.1, -0.05) is 69.0 Å². The first-order valence-corrected chi connectivity index (χ1v) is 10.2. The minimum Gasteiger partial charge on any atom is -0.497 e. The van der Waals surface area contributed by atoms with Crippen molar-refractivity contribution in [3.63, 3.8) is 0 Å². The third kappa shape index (κ3) is 11.2. The lowest BCUT2D eigenvalue weighted by Crippen LogP contribution is -2.40. The van der Waals surface area contributed by atoms with Gasteiger partial charge < -0.3 is 15.4 Å². The highest BCUT2D eigenvalue weighted by atomic mass is 16.5. The molecule has 0 aliphatic heterocycles. The number of hydrogen-bond acceptors (Lipinski definition) is 3. The molecule has 2 amide bonds. The van der Waals surface area contributed by atoms with Crippen LogP contribution in [0.3, 0.4) is 0 Å². The fourth-order valence-corrected chi connectivity index (χ4v) is 2.65. The van der Waals surface area contributed by atoms with Crippen molar-refractivity contribution < 1.29 is 14.3 Å². The zero-order valence-electron chi connectivity index (χ0n) is 17.2. The average molecular weight is 387 g/mol. The number of methoxy groups -OCH3 is 1. The molecule has 2 N–H and O–H groups in total. The lowest BCUT2D eigenvalue weighted by molar-refractivity contribution is -0.139. The van der Waals surface area contributed by atoms with E-state index in [2.05, 4.69) is 23.6 Å². The summed E-state index contributed by atoms with van der Waals surface area (Å²) >= 11 is 0. The van der Waals surface area contributed by atoms with Crippen LogP contribution in [0.25, 0.3) is 0 Å². The van der Waals surface area contributed by atoms with Crippen molar-refractivity contribution >= 4 is 11.8 Å². The molecule has 154 valence electrons. The Morgan fingerprint density at radius 3 is 2.54 bits per heavy atom. The van der Waals surface area contributed by atoms with Crippen LogP contribution in [-0.2, 0) is 16.0 Å². The van der Waals surface area contributed by atoms with Gasteiger partial charge in [0.1, 0.15) is 5.75 Å². The molecule has 0 saturated heterocycles. The number of hydrogen-bond donors (Lipinski definition) is 2. The van der Waals surface area contributed by atoms with Gasteiger partial charge in [0.05, 0.1) is 7.11 Å². The first-order valence-electron chi connectivity index (χ1n) is 10.2. The Labute approximate surface area is 169 Å². The molecular weight excluding hydrogens is 352 g/mol. The minimum absolute atomic E-state index is 0.336. The molecule has 0 bridgehead atoms. The van der Waals surface area contributed by atoms with E-state index in [0.717, 1.165) is 17.7 Å². The van der Waals surface area contributed by atoms with Crippen LogP contribution in [0, 0.1) is 0 Å². The molecule has 0 aliphatic carbocycles. The van der Waals surface area contributed by atoms with Crippen molar-refractivity contribution in [3.8, 4) is 5.75 Å². The molecule has 0 fully saturated rings. The van der Waals surface area contributed by atoms with Gasteiger partial charge in [-0.25, -0.2) is 0 Å². The highest BCUT2D eigenvalue weighted by Crippen LogP contribution is 2.12. The van der Waals surface area contributed by atoms with Crippen LogP contribution in [0.4, 0.5) is 0 Å². The Morgan fingerprint density at radius 2 is 1.75 bits per heavy atom. The molecule has 0 spiro atoms. The van der Waals surface area contributed by atoms with Crippen LogP contribution in [0.5, 0.6) is 5.75 Å². The topological polar surface area (TPSA) is 67.4 Å². The molecule has 5 heteroatoms. The molecule has 1 aromatic rings. The highest BCUT2D eigenvalue weighted by molar-refractivity contribution is 6.35. The quantitative estimate of drug-likeness (QED) is 0.306. The second-order valence-electron chi connectivity index (χ2n) is 6.63. The second kappa shape index (κ2) is 15.5. The molecular formula is C23H34N2O3. The predicted molar refractivity (Wildman–Crippen MR) is 114 cm³/mol. The maximum absolute atomic E-state index is 11.8. The van der Waals surface area contributed by atoms with Crippen LogP contribution < -0.4 is 15.4 Å². The molecule has 0 atom stereocenters. The number of nitrogens with one attached hydrogen (secondary N) is 2. The minimum atomic E-state index is -0.616. The zero-order chi connectivity index (χ0) is 20.5. The van der Waals surface area contributed by atoms with Gasteiger partial charge in [0, 0.05) is 13.1 Å². The Morgan fingerprint density at radius 1 is 1.00 bits per heavy atom.